The van der Waals surface area contributed by atoms with Crippen LogP contribution < -0.4 is 0 Å². The molecule has 3 nitrogen and oxygen atoms in total. The van der Waals surface area contributed by atoms with Gasteiger partial charge in [-0.3, -0.25) is 4.90 Å². The number of aliphatic hydroxyl groups is 1. The summed E-state index contributed by atoms with van der Waals surface area (Å²) < 4.78 is 19.0. The third-order valence-corrected chi connectivity index (χ3v) is 2.71. The predicted molar refractivity (Wildman–Crippen MR) is 77.8 cm³/mol. The minimum Gasteiger partial charge on any atom is -0.384 e. The fraction of sp³-hybridized carbons (Fsp3) is 0.500. The molecule has 4 heteroatoms. The number of ether oxygens (including phenoxy) is 1. The van der Waals surface area contributed by atoms with Crippen molar-refractivity contribution in [1.82, 2.24) is 4.90 Å². The van der Waals surface area contributed by atoms with Gasteiger partial charge < -0.3 is 9.84 Å². The summed E-state index contributed by atoms with van der Waals surface area (Å²) in [5.74, 6) is 4.72. The van der Waals surface area contributed by atoms with Crippen LogP contribution in [0.1, 0.15) is 25.0 Å². The summed E-state index contributed by atoms with van der Waals surface area (Å²) >= 11 is 0. The third kappa shape index (κ3) is 6.16. The molecule has 0 aliphatic carbocycles. The Morgan fingerprint density at radius 2 is 2.15 bits per heavy atom. The molecule has 0 saturated heterocycles. The molecule has 0 heterocycles. The smallest absolute Gasteiger partial charge is 0.138 e. The van der Waals surface area contributed by atoms with Crippen molar-refractivity contribution in [3.8, 4) is 11.8 Å². The maximum absolute atomic E-state index is 13.5. The van der Waals surface area contributed by atoms with E-state index < -0.39 is 0 Å². The number of benzene rings is 1. The lowest BCUT2D eigenvalue weighted by Gasteiger charge is -2.18. The average Bonchev–Trinajstić information content (AvgIpc) is 2.39. The van der Waals surface area contributed by atoms with Crippen molar-refractivity contribution in [3.63, 3.8) is 0 Å². The number of nitrogens with zero attached hydrogens (tertiary/aromatic N) is 1. The maximum Gasteiger partial charge on any atom is 0.138 e. The summed E-state index contributed by atoms with van der Waals surface area (Å²) in [7, 11) is 1.99. The second-order valence-electron chi connectivity index (χ2n) is 4.93. The maximum atomic E-state index is 13.5. The normalized spacial score (nSPS) is 10.8. The van der Waals surface area contributed by atoms with Crippen LogP contribution in [0.2, 0.25) is 0 Å². The zero-order valence-corrected chi connectivity index (χ0v) is 12.3. The lowest BCUT2D eigenvalue weighted by atomic mass is 10.1. The molecule has 1 rings (SSSR count). The van der Waals surface area contributed by atoms with E-state index in [2.05, 4.69) is 16.7 Å². The Morgan fingerprint density at radius 3 is 2.80 bits per heavy atom. The SMILES string of the molecule is CC(C)OCCN(C)Cc1ccc(F)c(C#CCO)c1. The second kappa shape index (κ2) is 8.70. The van der Waals surface area contributed by atoms with E-state index in [1.54, 1.807) is 12.1 Å². The minimum atomic E-state index is -0.361. The summed E-state index contributed by atoms with van der Waals surface area (Å²) in [5.41, 5.74) is 1.31. The van der Waals surface area contributed by atoms with Crippen LogP contribution in [0.4, 0.5) is 4.39 Å². The molecule has 110 valence electrons. The van der Waals surface area contributed by atoms with Crippen LogP contribution in [0.25, 0.3) is 0 Å². The fourth-order valence-electron chi connectivity index (χ4n) is 1.74. The van der Waals surface area contributed by atoms with E-state index in [9.17, 15) is 4.39 Å². The molecule has 0 atom stereocenters. The van der Waals surface area contributed by atoms with Crippen LogP contribution in [-0.2, 0) is 11.3 Å². The van der Waals surface area contributed by atoms with Gasteiger partial charge in [-0.05, 0) is 38.6 Å². The zero-order chi connectivity index (χ0) is 15.0. The first-order valence-corrected chi connectivity index (χ1v) is 6.71. The van der Waals surface area contributed by atoms with Gasteiger partial charge in [0.05, 0.1) is 18.3 Å². The molecule has 0 fully saturated rings. The molecular formula is C16H22FNO2. The van der Waals surface area contributed by atoms with Crippen molar-refractivity contribution in [1.29, 1.82) is 0 Å². The van der Waals surface area contributed by atoms with Crippen LogP contribution >= 0.6 is 0 Å². The van der Waals surface area contributed by atoms with Crippen molar-refractivity contribution in [2.24, 2.45) is 0 Å². The van der Waals surface area contributed by atoms with Crippen molar-refractivity contribution in [2.75, 3.05) is 26.8 Å². The van der Waals surface area contributed by atoms with E-state index in [0.717, 1.165) is 12.1 Å². The van der Waals surface area contributed by atoms with E-state index in [-0.39, 0.29) is 18.5 Å². The summed E-state index contributed by atoms with van der Waals surface area (Å²) in [6.07, 6.45) is 0.231. The quantitative estimate of drug-likeness (QED) is 0.809. The van der Waals surface area contributed by atoms with Gasteiger partial charge in [-0.2, -0.15) is 0 Å². The molecule has 0 radical (unpaired) electrons. The summed E-state index contributed by atoms with van der Waals surface area (Å²) in [4.78, 5) is 2.11. The molecule has 1 aromatic carbocycles. The molecular weight excluding hydrogens is 257 g/mol. The highest BCUT2D eigenvalue weighted by Crippen LogP contribution is 2.11. The van der Waals surface area contributed by atoms with Gasteiger partial charge in [0.2, 0.25) is 0 Å². The number of hydrogen-bond acceptors (Lipinski definition) is 3. The van der Waals surface area contributed by atoms with Crippen molar-refractivity contribution in [3.05, 3.63) is 35.1 Å². The molecule has 0 saturated carbocycles. The number of hydrogen-bond donors (Lipinski definition) is 1. The Morgan fingerprint density at radius 1 is 1.40 bits per heavy atom. The molecule has 0 spiro atoms. The second-order valence-corrected chi connectivity index (χ2v) is 4.93. The molecule has 0 aromatic heterocycles. The van der Waals surface area contributed by atoms with Gasteiger partial charge in [0.1, 0.15) is 12.4 Å². The van der Waals surface area contributed by atoms with Gasteiger partial charge in [-0.1, -0.05) is 17.9 Å². The third-order valence-electron chi connectivity index (χ3n) is 2.71. The van der Waals surface area contributed by atoms with Crippen LogP contribution in [-0.4, -0.2) is 42.9 Å². The molecule has 20 heavy (non-hydrogen) atoms. The van der Waals surface area contributed by atoms with Gasteiger partial charge in [-0.25, -0.2) is 4.39 Å². The van der Waals surface area contributed by atoms with Gasteiger partial charge in [0.25, 0.3) is 0 Å². The summed E-state index contributed by atoms with van der Waals surface area (Å²) in [6.45, 7) is 5.93. The molecule has 0 aliphatic rings. The number of rotatable bonds is 6. The molecule has 0 amide bonds. The highest BCUT2D eigenvalue weighted by Gasteiger charge is 2.05. The van der Waals surface area contributed by atoms with E-state index in [4.69, 9.17) is 9.84 Å². The molecule has 1 aromatic rings. The van der Waals surface area contributed by atoms with Gasteiger partial charge in [0.15, 0.2) is 0 Å². The molecule has 0 unspecified atom stereocenters. The van der Waals surface area contributed by atoms with Crippen molar-refractivity contribution in [2.45, 2.75) is 26.5 Å². The largest absolute Gasteiger partial charge is 0.384 e. The Labute approximate surface area is 120 Å². The predicted octanol–water partition coefficient (Wildman–Crippen LogP) is 2.03. The van der Waals surface area contributed by atoms with E-state index in [1.807, 2.05) is 20.9 Å². The first-order chi connectivity index (χ1) is 9.52. The number of aliphatic hydroxyl groups excluding tert-OH is 1. The lowest BCUT2D eigenvalue weighted by Crippen LogP contribution is -2.24. The molecule has 0 bridgehead atoms. The first-order valence-electron chi connectivity index (χ1n) is 6.71. The van der Waals surface area contributed by atoms with E-state index in [0.29, 0.717) is 18.7 Å². The average molecular weight is 279 g/mol. The summed E-state index contributed by atoms with van der Waals surface area (Å²) in [5, 5.41) is 8.66. The van der Waals surface area contributed by atoms with Crippen LogP contribution in [0.5, 0.6) is 0 Å². The van der Waals surface area contributed by atoms with Crippen molar-refractivity contribution < 1.29 is 14.2 Å². The Hall–Kier alpha value is -1.41. The highest BCUT2D eigenvalue weighted by atomic mass is 19.1. The van der Waals surface area contributed by atoms with Crippen LogP contribution in [0.3, 0.4) is 0 Å². The summed E-state index contributed by atoms with van der Waals surface area (Å²) in [6, 6.07) is 4.88. The van der Waals surface area contributed by atoms with Gasteiger partial charge in [0, 0.05) is 13.1 Å². The van der Waals surface area contributed by atoms with Gasteiger partial charge in [-0.15, -0.1) is 0 Å². The van der Waals surface area contributed by atoms with Crippen LogP contribution in [0.15, 0.2) is 18.2 Å². The van der Waals surface area contributed by atoms with Gasteiger partial charge >= 0.3 is 0 Å². The first kappa shape index (κ1) is 16.6. The minimum absolute atomic E-state index is 0.231. The highest BCUT2D eigenvalue weighted by molar-refractivity contribution is 5.38. The number of likely N-dealkylation sites (N-methyl/N-ethyl adjacent to an activating group) is 1. The van der Waals surface area contributed by atoms with Crippen LogP contribution in [0, 0.1) is 17.7 Å². The Kier molecular flexibility index (Phi) is 7.24. The van der Waals surface area contributed by atoms with Crippen molar-refractivity contribution >= 4 is 0 Å². The Balaban J connectivity index is 2.59. The zero-order valence-electron chi connectivity index (χ0n) is 12.3. The standard InChI is InChI=1S/C16H22FNO2/c1-13(2)20-10-8-18(3)12-14-6-7-16(17)15(11-14)5-4-9-19/h6-7,11,13,19H,8-10,12H2,1-3H3. The fourth-order valence-corrected chi connectivity index (χ4v) is 1.74. The monoisotopic (exact) mass is 279 g/mol. The topological polar surface area (TPSA) is 32.7 Å². The van der Waals surface area contributed by atoms with E-state index >= 15 is 0 Å². The Bertz CT molecular complexity index is 477. The lowest BCUT2D eigenvalue weighted by molar-refractivity contribution is 0.0627. The molecule has 1 N–H and O–H groups in total. The molecule has 0 aliphatic heterocycles. The van der Waals surface area contributed by atoms with E-state index in [1.165, 1.54) is 6.07 Å². The number of halogens is 1.